The molecule has 0 radical (unpaired) electrons. The number of hydrogen-bond acceptors (Lipinski definition) is 5. The average Bonchev–Trinajstić information content (AvgIpc) is 3.12. The van der Waals surface area contributed by atoms with Gasteiger partial charge in [0.2, 0.25) is 5.76 Å². The molecular formula is C27H24N2O4. The topological polar surface area (TPSA) is 72.6 Å². The van der Waals surface area contributed by atoms with Crippen LogP contribution in [0.25, 0.3) is 11.0 Å². The van der Waals surface area contributed by atoms with Crippen molar-refractivity contribution in [1.82, 2.24) is 4.98 Å². The molecule has 2 aromatic heterocycles. The van der Waals surface area contributed by atoms with E-state index in [-0.39, 0.29) is 17.1 Å². The summed E-state index contributed by atoms with van der Waals surface area (Å²) in [6, 6.07) is 19.2. The lowest BCUT2D eigenvalue weighted by Gasteiger charge is -2.24. The summed E-state index contributed by atoms with van der Waals surface area (Å²) in [5, 5.41) is 0.446. The second kappa shape index (κ2) is 8.54. The van der Waals surface area contributed by atoms with Crippen LogP contribution in [0.1, 0.15) is 48.0 Å². The zero-order valence-electron chi connectivity index (χ0n) is 18.5. The van der Waals surface area contributed by atoms with E-state index in [9.17, 15) is 9.59 Å². The fourth-order valence-corrected chi connectivity index (χ4v) is 4.15. The van der Waals surface area contributed by atoms with Gasteiger partial charge in [0.05, 0.1) is 23.6 Å². The van der Waals surface area contributed by atoms with Gasteiger partial charge in [0.15, 0.2) is 5.43 Å². The normalized spacial score (nSPS) is 15.3. The van der Waals surface area contributed by atoms with Crippen LogP contribution in [0.2, 0.25) is 0 Å². The lowest BCUT2D eigenvalue weighted by molar-refractivity contribution is 0.0970. The number of carbonyl (C=O) groups is 1. The number of amides is 1. The predicted molar refractivity (Wildman–Crippen MR) is 127 cm³/mol. The minimum atomic E-state index is -0.670. The Morgan fingerprint density at radius 3 is 2.64 bits per heavy atom. The third-order valence-electron chi connectivity index (χ3n) is 5.81. The molecule has 33 heavy (non-hydrogen) atoms. The van der Waals surface area contributed by atoms with Gasteiger partial charge in [-0.15, -0.1) is 0 Å². The van der Waals surface area contributed by atoms with E-state index >= 15 is 0 Å². The van der Waals surface area contributed by atoms with Crippen LogP contribution in [0.3, 0.4) is 0 Å². The Balaban J connectivity index is 1.67. The molecule has 2 aromatic carbocycles. The molecule has 0 unspecified atom stereocenters. The lowest BCUT2D eigenvalue weighted by Crippen LogP contribution is -2.30. The van der Waals surface area contributed by atoms with Gasteiger partial charge in [-0.3, -0.25) is 14.5 Å². The Kier molecular flexibility index (Phi) is 5.42. The Hall–Kier alpha value is -3.93. The maximum atomic E-state index is 13.6. The van der Waals surface area contributed by atoms with E-state index < -0.39 is 6.04 Å². The number of nitrogens with zero attached hydrogens (tertiary/aromatic N) is 2. The first-order valence-electron chi connectivity index (χ1n) is 11.1. The predicted octanol–water partition coefficient (Wildman–Crippen LogP) is 5.36. The van der Waals surface area contributed by atoms with Crippen molar-refractivity contribution in [2.75, 3.05) is 11.5 Å². The maximum Gasteiger partial charge on any atom is 0.296 e. The molecule has 0 spiro atoms. The molecule has 0 fully saturated rings. The zero-order valence-corrected chi connectivity index (χ0v) is 18.5. The fraction of sp³-hybridized carbons (Fsp3) is 0.222. The number of ether oxygens (including phenoxy) is 1. The number of benzene rings is 2. The number of para-hydroxylation sites is 1. The van der Waals surface area contributed by atoms with E-state index in [2.05, 4.69) is 18.8 Å². The van der Waals surface area contributed by atoms with E-state index in [4.69, 9.17) is 9.15 Å². The van der Waals surface area contributed by atoms with Gasteiger partial charge in [-0.25, -0.2) is 4.98 Å². The largest absolute Gasteiger partial charge is 0.494 e. The Morgan fingerprint density at radius 2 is 1.85 bits per heavy atom. The molecule has 0 aliphatic carbocycles. The molecule has 1 amide bonds. The molecule has 6 heteroatoms. The summed E-state index contributed by atoms with van der Waals surface area (Å²) in [7, 11) is 0. The number of anilines is 1. The zero-order chi connectivity index (χ0) is 22.9. The molecule has 5 rings (SSSR count). The highest BCUT2D eigenvalue weighted by atomic mass is 16.5. The Labute approximate surface area is 191 Å². The van der Waals surface area contributed by atoms with E-state index in [1.54, 1.807) is 42.6 Å². The van der Waals surface area contributed by atoms with Gasteiger partial charge >= 0.3 is 0 Å². The first-order valence-corrected chi connectivity index (χ1v) is 11.1. The average molecular weight is 440 g/mol. The number of carbonyl (C=O) groups excluding carboxylic acids is 1. The minimum absolute atomic E-state index is 0.0560. The molecule has 1 atom stereocenters. The van der Waals surface area contributed by atoms with Crippen molar-refractivity contribution in [3.05, 3.63) is 100 Å². The number of aromatic nitrogens is 1. The Bertz CT molecular complexity index is 1380. The second-order valence-corrected chi connectivity index (χ2v) is 8.54. The highest BCUT2D eigenvalue weighted by molar-refractivity contribution is 6.10. The van der Waals surface area contributed by atoms with Crippen LogP contribution in [0.5, 0.6) is 5.75 Å². The van der Waals surface area contributed by atoms with E-state index in [1.807, 2.05) is 30.3 Å². The number of fused-ring (bicyclic) bond motifs is 2. The van der Waals surface area contributed by atoms with Crippen LogP contribution in [0.15, 0.2) is 82.1 Å². The Morgan fingerprint density at radius 1 is 1.03 bits per heavy atom. The summed E-state index contributed by atoms with van der Waals surface area (Å²) in [4.78, 5) is 33.0. The van der Waals surface area contributed by atoms with Crippen molar-refractivity contribution in [1.29, 1.82) is 0 Å². The van der Waals surface area contributed by atoms with E-state index in [1.165, 1.54) is 4.90 Å². The smallest absolute Gasteiger partial charge is 0.296 e. The lowest BCUT2D eigenvalue weighted by atomic mass is 9.98. The second-order valence-electron chi connectivity index (χ2n) is 8.54. The van der Waals surface area contributed by atoms with Crippen LogP contribution >= 0.6 is 0 Å². The number of pyridine rings is 1. The first-order chi connectivity index (χ1) is 16.0. The summed E-state index contributed by atoms with van der Waals surface area (Å²) < 4.78 is 11.9. The maximum absolute atomic E-state index is 13.6. The molecule has 3 heterocycles. The molecule has 0 bridgehead atoms. The van der Waals surface area contributed by atoms with Crippen molar-refractivity contribution in [3.63, 3.8) is 0 Å². The molecule has 1 aliphatic rings. The standard InChI is InChI=1S/C27H24N2O4/c1-17(2)13-15-32-19-9-7-8-18(16-19)24-23-25(30)20-10-3-4-11-21(20)33-26(23)27(31)29(24)22-12-5-6-14-28-22/h3-12,14,16-17,24H,13,15H2,1-2H3/t24-/m0/s1. The van der Waals surface area contributed by atoms with Gasteiger partial charge in [-0.1, -0.05) is 44.2 Å². The molecule has 6 nitrogen and oxygen atoms in total. The van der Waals surface area contributed by atoms with Crippen molar-refractivity contribution >= 4 is 22.7 Å². The number of hydrogen-bond donors (Lipinski definition) is 0. The van der Waals surface area contributed by atoms with Gasteiger partial charge in [0.25, 0.3) is 5.91 Å². The summed E-state index contributed by atoms with van der Waals surface area (Å²) in [5.41, 5.74) is 1.26. The van der Waals surface area contributed by atoms with E-state index in [0.29, 0.717) is 40.6 Å². The van der Waals surface area contributed by atoms with Crippen LogP contribution < -0.4 is 15.1 Å². The summed E-state index contributed by atoms with van der Waals surface area (Å²) >= 11 is 0. The summed E-state index contributed by atoms with van der Waals surface area (Å²) in [6.45, 7) is 4.89. The third kappa shape index (κ3) is 3.78. The van der Waals surface area contributed by atoms with Gasteiger partial charge in [-0.05, 0) is 54.3 Å². The van der Waals surface area contributed by atoms with E-state index in [0.717, 1.165) is 12.0 Å². The van der Waals surface area contributed by atoms with Crippen LogP contribution in [-0.4, -0.2) is 17.5 Å². The minimum Gasteiger partial charge on any atom is -0.494 e. The van der Waals surface area contributed by atoms with Crippen molar-refractivity contribution in [2.45, 2.75) is 26.3 Å². The van der Waals surface area contributed by atoms with Gasteiger partial charge in [-0.2, -0.15) is 0 Å². The third-order valence-corrected chi connectivity index (χ3v) is 5.81. The van der Waals surface area contributed by atoms with Gasteiger partial charge in [0, 0.05) is 6.20 Å². The highest BCUT2D eigenvalue weighted by Gasteiger charge is 2.44. The van der Waals surface area contributed by atoms with Crippen molar-refractivity contribution in [3.8, 4) is 5.75 Å². The first kappa shape index (κ1) is 20.9. The molecule has 0 saturated carbocycles. The SMILES string of the molecule is CC(C)CCOc1cccc([C@H]2c3c(oc4ccccc4c3=O)C(=O)N2c2ccccn2)c1. The molecule has 1 aliphatic heterocycles. The highest BCUT2D eigenvalue weighted by Crippen LogP contribution is 2.41. The molecule has 0 saturated heterocycles. The molecule has 166 valence electrons. The van der Waals surface area contributed by atoms with Gasteiger partial charge in [0.1, 0.15) is 17.2 Å². The van der Waals surface area contributed by atoms with Crippen LogP contribution in [0.4, 0.5) is 5.82 Å². The molecular weight excluding hydrogens is 416 g/mol. The van der Waals surface area contributed by atoms with Crippen LogP contribution in [0, 0.1) is 5.92 Å². The van der Waals surface area contributed by atoms with Gasteiger partial charge < -0.3 is 9.15 Å². The number of rotatable bonds is 6. The summed E-state index contributed by atoms with van der Waals surface area (Å²) in [5.74, 6) is 1.35. The van der Waals surface area contributed by atoms with Crippen LogP contribution in [-0.2, 0) is 0 Å². The fourth-order valence-electron chi connectivity index (χ4n) is 4.15. The summed E-state index contributed by atoms with van der Waals surface area (Å²) in [6.07, 6.45) is 2.56. The van der Waals surface area contributed by atoms with Crippen molar-refractivity contribution < 1.29 is 13.9 Å². The quantitative estimate of drug-likeness (QED) is 0.403. The molecule has 4 aromatic rings. The monoisotopic (exact) mass is 440 g/mol. The molecule has 0 N–H and O–H groups in total. The van der Waals surface area contributed by atoms with Crippen molar-refractivity contribution in [2.24, 2.45) is 5.92 Å².